The second kappa shape index (κ2) is 46.8. The Hall–Kier alpha value is -1.60. The van der Waals surface area contributed by atoms with E-state index in [2.05, 4.69) is 19.2 Å². The van der Waals surface area contributed by atoms with Gasteiger partial charge in [-0.3, -0.25) is 9.59 Å². The summed E-state index contributed by atoms with van der Waals surface area (Å²) in [4.78, 5) is 25.0. The molecule has 1 fully saturated rings. The van der Waals surface area contributed by atoms with Gasteiger partial charge in [0.2, 0.25) is 5.91 Å². The molecule has 0 saturated carbocycles. The van der Waals surface area contributed by atoms with Crippen molar-refractivity contribution in [2.45, 2.75) is 314 Å². The third kappa shape index (κ3) is 36.9. The quantitative estimate of drug-likeness (QED) is 0.0196. The van der Waals surface area contributed by atoms with E-state index in [-0.39, 0.29) is 18.5 Å². The van der Waals surface area contributed by atoms with Crippen LogP contribution in [-0.2, 0) is 23.8 Å². The molecule has 7 unspecified atom stereocenters. The van der Waals surface area contributed by atoms with Crippen LogP contribution in [0.15, 0.2) is 12.2 Å². The monoisotopic (exact) mass is 954 g/mol. The van der Waals surface area contributed by atoms with Gasteiger partial charge in [0, 0.05) is 12.8 Å². The maximum absolute atomic E-state index is 13.0. The van der Waals surface area contributed by atoms with Gasteiger partial charge >= 0.3 is 5.97 Å². The maximum atomic E-state index is 13.0. The molecule has 11 heteroatoms. The van der Waals surface area contributed by atoms with Crippen LogP contribution in [0.4, 0.5) is 0 Å². The number of ether oxygens (including phenoxy) is 3. The molecular formula is C56H107NO10. The number of hydrogen-bond donors (Lipinski definition) is 6. The lowest BCUT2D eigenvalue weighted by Gasteiger charge is -2.40. The molecule has 0 spiro atoms. The number of unbranched alkanes of at least 4 members (excludes halogenated alkanes) is 35. The number of allylic oxidation sites excluding steroid dienone is 1. The highest BCUT2D eigenvalue weighted by atomic mass is 16.7. The summed E-state index contributed by atoms with van der Waals surface area (Å²) in [6, 6.07) is -0.810. The van der Waals surface area contributed by atoms with Gasteiger partial charge in [-0.1, -0.05) is 238 Å². The van der Waals surface area contributed by atoms with Crippen molar-refractivity contribution in [1.29, 1.82) is 0 Å². The van der Waals surface area contributed by atoms with Crippen LogP contribution in [0.5, 0.6) is 0 Å². The van der Waals surface area contributed by atoms with E-state index in [1.165, 1.54) is 180 Å². The van der Waals surface area contributed by atoms with Crippen LogP contribution in [0.25, 0.3) is 0 Å². The van der Waals surface area contributed by atoms with Gasteiger partial charge in [0.05, 0.1) is 32.0 Å². The van der Waals surface area contributed by atoms with Crippen LogP contribution < -0.4 is 5.32 Å². The van der Waals surface area contributed by atoms with Crippen LogP contribution in [0.3, 0.4) is 0 Å². The minimum absolute atomic E-state index is 0.00862. The second-order valence-corrected chi connectivity index (χ2v) is 20.0. The normalized spacial score (nSPS) is 19.5. The summed E-state index contributed by atoms with van der Waals surface area (Å²) >= 11 is 0. The lowest BCUT2D eigenvalue weighted by molar-refractivity contribution is -0.302. The average Bonchev–Trinajstić information content (AvgIpc) is 3.32. The number of aliphatic hydroxyl groups excluding tert-OH is 5. The molecule has 1 saturated heterocycles. The fraction of sp³-hybridized carbons (Fsp3) is 0.929. The first-order valence-corrected chi connectivity index (χ1v) is 28.5. The Morgan fingerprint density at radius 1 is 0.537 bits per heavy atom. The molecule has 1 aliphatic rings. The van der Waals surface area contributed by atoms with Gasteiger partial charge in [0.1, 0.15) is 24.4 Å². The van der Waals surface area contributed by atoms with Gasteiger partial charge in [0.15, 0.2) is 6.29 Å². The first kappa shape index (κ1) is 63.4. The number of hydrogen-bond acceptors (Lipinski definition) is 10. The lowest BCUT2D eigenvalue weighted by Crippen LogP contribution is -2.60. The van der Waals surface area contributed by atoms with Crippen molar-refractivity contribution in [2.75, 3.05) is 19.8 Å². The Kier molecular flexibility index (Phi) is 44.3. The molecule has 67 heavy (non-hydrogen) atoms. The topological polar surface area (TPSA) is 175 Å². The van der Waals surface area contributed by atoms with E-state index in [1.54, 1.807) is 6.08 Å². The predicted octanol–water partition coefficient (Wildman–Crippen LogP) is 12.4. The Bertz CT molecular complexity index is 1120. The third-order valence-corrected chi connectivity index (χ3v) is 13.7. The summed E-state index contributed by atoms with van der Waals surface area (Å²) in [7, 11) is 0. The number of nitrogens with one attached hydrogen (secondary N) is 1. The minimum Gasteiger partial charge on any atom is -0.466 e. The first-order chi connectivity index (χ1) is 32.7. The summed E-state index contributed by atoms with van der Waals surface area (Å²) in [6.45, 7) is 4.31. The number of aliphatic hydroxyl groups is 5. The van der Waals surface area contributed by atoms with Gasteiger partial charge < -0.3 is 45.1 Å². The zero-order chi connectivity index (χ0) is 48.8. The smallest absolute Gasteiger partial charge is 0.305 e. The summed E-state index contributed by atoms with van der Waals surface area (Å²) < 4.78 is 16.7. The van der Waals surface area contributed by atoms with Crippen molar-refractivity contribution in [3.63, 3.8) is 0 Å². The molecule has 1 aliphatic heterocycles. The third-order valence-electron chi connectivity index (χ3n) is 13.7. The van der Waals surface area contributed by atoms with E-state index < -0.39 is 49.5 Å². The van der Waals surface area contributed by atoms with Crippen molar-refractivity contribution in [3.8, 4) is 0 Å². The highest BCUT2D eigenvalue weighted by Crippen LogP contribution is 2.23. The van der Waals surface area contributed by atoms with Gasteiger partial charge in [-0.05, 0) is 32.1 Å². The van der Waals surface area contributed by atoms with Crippen LogP contribution in [0, 0.1) is 0 Å². The van der Waals surface area contributed by atoms with Crippen molar-refractivity contribution in [3.05, 3.63) is 12.2 Å². The minimum atomic E-state index is -1.57. The van der Waals surface area contributed by atoms with Crippen LogP contribution in [0.2, 0.25) is 0 Å². The molecule has 0 aromatic rings. The van der Waals surface area contributed by atoms with E-state index in [4.69, 9.17) is 14.2 Å². The molecule has 0 radical (unpaired) electrons. The molecule has 1 rings (SSSR count). The van der Waals surface area contributed by atoms with Crippen molar-refractivity contribution in [1.82, 2.24) is 5.32 Å². The molecule has 6 N–H and O–H groups in total. The maximum Gasteiger partial charge on any atom is 0.305 e. The summed E-state index contributed by atoms with van der Waals surface area (Å²) in [6.07, 6.45) is 43.0. The zero-order valence-corrected chi connectivity index (χ0v) is 43.4. The summed E-state index contributed by atoms with van der Waals surface area (Å²) in [5.74, 6) is -0.195. The van der Waals surface area contributed by atoms with Gasteiger partial charge in [0.25, 0.3) is 0 Å². The van der Waals surface area contributed by atoms with Crippen LogP contribution in [-0.4, -0.2) is 100 Å². The standard InChI is InChI=1S/C56H107NO10/c1-3-5-7-9-11-13-23-28-32-36-40-44-52(61)65-45-41-37-33-29-25-22-20-18-16-15-17-19-21-24-27-31-35-39-43-51(60)57-48(47-66-56-55(64)54(63)53(62)50(46-58)67-56)49(59)42-38-34-30-26-14-12-10-8-6-4-2/h38,42,48-50,53-56,58-59,62-64H,3-37,39-41,43-47H2,1-2H3,(H,57,60)/b42-38+. The highest BCUT2D eigenvalue weighted by molar-refractivity contribution is 5.76. The molecule has 7 atom stereocenters. The molecule has 0 aromatic carbocycles. The molecule has 11 nitrogen and oxygen atoms in total. The molecule has 1 amide bonds. The van der Waals surface area contributed by atoms with Crippen molar-refractivity contribution < 1.29 is 49.3 Å². The predicted molar refractivity (Wildman–Crippen MR) is 274 cm³/mol. The largest absolute Gasteiger partial charge is 0.466 e. The fourth-order valence-corrected chi connectivity index (χ4v) is 9.08. The van der Waals surface area contributed by atoms with E-state index >= 15 is 0 Å². The summed E-state index contributed by atoms with van der Waals surface area (Å²) in [5.41, 5.74) is 0. The molecule has 0 aliphatic carbocycles. The zero-order valence-electron chi connectivity index (χ0n) is 43.4. The molecule has 396 valence electrons. The first-order valence-electron chi connectivity index (χ1n) is 28.5. The highest BCUT2D eigenvalue weighted by Gasteiger charge is 2.44. The van der Waals surface area contributed by atoms with Crippen LogP contribution >= 0.6 is 0 Å². The number of carbonyl (C=O) groups is 2. The van der Waals surface area contributed by atoms with Crippen molar-refractivity contribution in [2.24, 2.45) is 0 Å². The fourth-order valence-electron chi connectivity index (χ4n) is 9.08. The Balaban J connectivity index is 2.07. The molecular weight excluding hydrogens is 847 g/mol. The average molecular weight is 954 g/mol. The van der Waals surface area contributed by atoms with Crippen molar-refractivity contribution >= 4 is 11.9 Å². The number of carbonyl (C=O) groups excluding carboxylic acids is 2. The molecule has 0 aromatic heterocycles. The van der Waals surface area contributed by atoms with Gasteiger partial charge in [-0.15, -0.1) is 0 Å². The number of rotatable bonds is 49. The SMILES string of the molecule is CCCCCCCCCC/C=C/C(O)C(COC1OC(CO)C(O)C(O)C1O)NC(=O)CCCCCCCCCCCCCCCCCCCCOC(=O)CCCCCCCCCCCCC. The van der Waals surface area contributed by atoms with E-state index in [1.807, 2.05) is 6.08 Å². The Morgan fingerprint density at radius 3 is 1.39 bits per heavy atom. The number of esters is 1. The van der Waals surface area contributed by atoms with E-state index in [0.29, 0.717) is 19.4 Å². The number of amides is 1. The van der Waals surface area contributed by atoms with E-state index in [0.717, 1.165) is 64.2 Å². The van der Waals surface area contributed by atoms with Crippen LogP contribution in [0.1, 0.15) is 271 Å². The Labute approximate surface area is 410 Å². The second-order valence-electron chi connectivity index (χ2n) is 20.0. The van der Waals surface area contributed by atoms with Gasteiger partial charge in [-0.2, -0.15) is 0 Å². The van der Waals surface area contributed by atoms with Gasteiger partial charge in [-0.25, -0.2) is 0 Å². The molecule has 1 heterocycles. The van der Waals surface area contributed by atoms with E-state index in [9.17, 15) is 35.1 Å². The molecule has 0 bridgehead atoms. The summed E-state index contributed by atoms with van der Waals surface area (Å²) in [5, 5.41) is 54.2. The Morgan fingerprint density at radius 2 is 0.940 bits per heavy atom. The lowest BCUT2D eigenvalue weighted by atomic mass is 9.99.